The standard InChI is InChI=1S/C21H16ClF2N3O/c1-10-7-8-15-17(18(10)22)19(16-13(23)5-4-6-14(16)24)25-12(3)20-26-21(28)11(2)9-27(15)20/h4-9,12H,1-3H3/t12-/m0/s1. The molecule has 0 saturated heterocycles. The first-order valence-electron chi connectivity index (χ1n) is 8.71. The van der Waals surface area contributed by atoms with E-state index in [1.807, 2.05) is 13.0 Å². The van der Waals surface area contributed by atoms with Gasteiger partial charge in [0, 0.05) is 17.3 Å². The summed E-state index contributed by atoms with van der Waals surface area (Å²) in [4.78, 5) is 20.8. The number of hydrogen-bond donors (Lipinski definition) is 0. The van der Waals surface area contributed by atoms with Crippen molar-refractivity contribution < 1.29 is 8.78 Å². The third-order valence-corrected chi connectivity index (χ3v) is 5.32. The van der Waals surface area contributed by atoms with E-state index in [0.29, 0.717) is 27.7 Å². The predicted molar refractivity (Wildman–Crippen MR) is 105 cm³/mol. The Morgan fingerprint density at radius 1 is 1.04 bits per heavy atom. The normalized spacial score (nSPS) is 15.5. The second-order valence-electron chi connectivity index (χ2n) is 6.80. The number of aryl methyl sites for hydroxylation is 2. The Hall–Kier alpha value is -2.86. The maximum absolute atomic E-state index is 14.6. The molecule has 142 valence electrons. The van der Waals surface area contributed by atoms with E-state index in [1.54, 1.807) is 30.7 Å². The summed E-state index contributed by atoms with van der Waals surface area (Å²) in [6.45, 7) is 5.19. The van der Waals surface area contributed by atoms with E-state index in [4.69, 9.17) is 11.6 Å². The van der Waals surface area contributed by atoms with Crippen LogP contribution in [0.5, 0.6) is 0 Å². The van der Waals surface area contributed by atoms with Gasteiger partial charge in [0.15, 0.2) is 0 Å². The van der Waals surface area contributed by atoms with Gasteiger partial charge in [-0.25, -0.2) is 8.78 Å². The lowest BCUT2D eigenvalue weighted by atomic mass is 9.97. The first-order valence-corrected chi connectivity index (χ1v) is 9.09. The summed E-state index contributed by atoms with van der Waals surface area (Å²) in [7, 11) is 0. The average molecular weight is 400 g/mol. The second-order valence-corrected chi connectivity index (χ2v) is 7.18. The third kappa shape index (κ3) is 2.76. The van der Waals surface area contributed by atoms with E-state index >= 15 is 0 Å². The molecule has 0 amide bonds. The average Bonchev–Trinajstić information content (AvgIpc) is 2.75. The van der Waals surface area contributed by atoms with E-state index in [1.165, 1.54) is 18.2 Å². The quantitative estimate of drug-likeness (QED) is 0.595. The smallest absolute Gasteiger partial charge is 0.275 e. The highest BCUT2D eigenvalue weighted by Gasteiger charge is 2.29. The molecule has 3 aromatic rings. The molecule has 0 spiro atoms. The van der Waals surface area contributed by atoms with Crippen molar-refractivity contribution in [1.82, 2.24) is 9.55 Å². The molecule has 1 aromatic heterocycles. The van der Waals surface area contributed by atoms with Crippen LogP contribution in [0.1, 0.15) is 41.0 Å². The van der Waals surface area contributed by atoms with Crippen LogP contribution < -0.4 is 5.56 Å². The summed E-state index contributed by atoms with van der Waals surface area (Å²) in [5, 5.41) is 0.343. The van der Waals surface area contributed by atoms with Crippen LogP contribution >= 0.6 is 11.6 Å². The number of nitrogens with zero attached hydrogens (tertiary/aromatic N) is 3. The van der Waals surface area contributed by atoms with Crippen molar-refractivity contribution in [2.75, 3.05) is 0 Å². The highest BCUT2D eigenvalue weighted by Crippen LogP contribution is 2.36. The second kappa shape index (κ2) is 6.63. The molecule has 0 fully saturated rings. The van der Waals surface area contributed by atoms with E-state index in [2.05, 4.69) is 9.98 Å². The maximum atomic E-state index is 14.6. The molecule has 0 saturated carbocycles. The molecule has 1 aliphatic heterocycles. The summed E-state index contributed by atoms with van der Waals surface area (Å²) >= 11 is 6.60. The van der Waals surface area contributed by atoms with Crippen LogP contribution in [0.2, 0.25) is 5.02 Å². The molecule has 4 rings (SSSR count). The number of benzene rings is 2. The zero-order valence-corrected chi connectivity index (χ0v) is 16.2. The lowest BCUT2D eigenvalue weighted by Gasteiger charge is -2.17. The molecule has 2 heterocycles. The third-order valence-electron chi connectivity index (χ3n) is 4.83. The monoisotopic (exact) mass is 399 g/mol. The van der Waals surface area contributed by atoms with Crippen molar-refractivity contribution in [1.29, 1.82) is 0 Å². The highest BCUT2D eigenvalue weighted by molar-refractivity contribution is 6.37. The van der Waals surface area contributed by atoms with Gasteiger partial charge in [-0.05, 0) is 44.5 Å². The van der Waals surface area contributed by atoms with E-state index in [0.717, 1.165) is 5.56 Å². The molecule has 0 bridgehead atoms. The van der Waals surface area contributed by atoms with Crippen LogP contribution in [0.4, 0.5) is 8.78 Å². The van der Waals surface area contributed by atoms with Gasteiger partial charge in [-0.1, -0.05) is 23.7 Å². The molecule has 0 N–H and O–H groups in total. The molecule has 1 atom stereocenters. The molecular weight excluding hydrogens is 384 g/mol. The fourth-order valence-electron chi connectivity index (χ4n) is 3.37. The Balaban J connectivity index is 2.17. The van der Waals surface area contributed by atoms with Crippen molar-refractivity contribution >= 4 is 17.3 Å². The Labute approximate surface area is 165 Å². The minimum absolute atomic E-state index is 0.0994. The van der Waals surface area contributed by atoms with Crippen LogP contribution in [0.15, 0.2) is 46.3 Å². The van der Waals surface area contributed by atoms with Gasteiger partial charge in [0.2, 0.25) is 0 Å². The van der Waals surface area contributed by atoms with Crippen molar-refractivity contribution in [3.05, 3.63) is 91.6 Å². The number of fused-ring (bicyclic) bond motifs is 3. The molecule has 7 heteroatoms. The fraction of sp³-hybridized carbons (Fsp3) is 0.190. The van der Waals surface area contributed by atoms with E-state index in [9.17, 15) is 13.6 Å². The predicted octanol–water partition coefficient (Wildman–Crippen LogP) is 4.69. The van der Waals surface area contributed by atoms with Crippen molar-refractivity contribution in [2.45, 2.75) is 26.8 Å². The molecule has 1 aliphatic rings. The van der Waals surface area contributed by atoms with E-state index in [-0.39, 0.29) is 16.8 Å². The Bertz CT molecular complexity index is 1200. The zero-order chi connectivity index (χ0) is 20.2. The number of hydrogen-bond acceptors (Lipinski definition) is 3. The molecule has 0 aliphatic carbocycles. The molecule has 4 nitrogen and oxygen atoms in total. The first-order chi connectivity index (χ1) is 13.3. The zero-order valence-electron chi connectivity index (χ0n) is 15.4. The Morgan fingerprint density at radius 2 is 1.71 bits per heavy atom. The topological polar surface area (TPSA) is 47.2 Å². The maximum Gasteiger partial charge on any atom is 0.275 e. The number of rotatable bonds is 1. The molecule has 0 unspecified atom stereocenters. The molecule has 2 aromatic carbocycles. The number of aliphatic imine (C=N–C) groups is 1. The lowest BCUT2D eigenvalue weighted by molar-refractivity contribution is 0.578. The molecule has 0 radical (unpaired) electrons. The minimum Gasteiger partial charge on any atom is -0.302 e. The number of aromatic nitrogens is 2. The summed E-state index contributed by atoms with van der Waals surface area (Å²) in [5.41, 5.74) is 1.63. The van der Waals surface area contributed by atoms with Gasteiger partial charge in [-0.15, -0.1) is 0 Å². The van der Waals surface area contributed by atoms with Gasteiger partial charge in [0.1, 0.15) is 23.5 Å². The molecule has 28 heavy (non-hydrogen) atoms. The first kappa shape index (κ1) is 18.5. The van der Waals surface area contributed by atoms with Crippen molar-refractivity contribution in [3.63, 3.8) is 0 Å². The van der Waals surface area contributed by atoms with Crippen LogP contribution in [-0.2, 0) is 0 Å². The van der Waals surface area contributed by atoms with Crippen LogP contribution in [0.3, 0.4) is 0 Å². The Kier molecular flexibility index (Phi) is 4.38. The van der Waals surface area contributed by atoms with E-state index < -0.39 is 17.7 Å². The summed E-state index contributed by atoms with van der Waals surface area (Å²) < 4.78 is 31.0. The van der Waals surface area contributed by atoms with Gasteiger partial charge < -0.3 is 4.57 Å². The summed E-state index contributed by atoms with van der Waals surface area (Å²) in [6, 6.07) is 6.63. The largest absolute Gasteiger partial charge is 0.302 e. The lowest BCUT2D eigenvalue weighted by Crippen LogP contribution is -2.20. The Morgan fingerprint density at radius 3 is 2.39 bits per heavy atom. The van der Waals surface area contributed by atoms with Gasteiger partial charge in [-0.3, -0.25) is 9.79 Å². The summed E-state index contributed by atoms with van der Waals surface area (Å²) in [6.07, 6.45) is 1.65. The minimum atomic E-state index is -0.737. The van der Waals surface area contributed by atoms with Crippen LogP contribution in [0.25, 0.3) is 5.69 Å². The van der Waals surface area contributed by atoms with Gasteiger partial charge in [0.25, 0.3) is 5.56 Å². The van der Waals surface area contributed by atoms with Gasteiger partial charge in [0.05, 0.1) is 22.0 Å². The fourth-order valence-corrected chi connectivity index (χ4v) is 3.62. The van der Waals surface area contributed by atoms with Crippen molar-refractivity contribution in [3.8, 4) is 5.69 Å². The highest BCUT2D eigenvalue weighted by atomic mass is 35.5. The van der Waals surface area contributed by atoms with Gasteiger partial charge >= 0.3 is 0 Å². The van der Waals surface area contributed by atoms with Crippen LogP contribution in [0, 0.1) is 25.5 Å². The van der Waals surface area contributed by atoms with Crippen molar-refractivity contribution in [2.24, 2.45) is 4.99 Å². The summed E-state index contributed by atoms with van der Waals surface area (Å²) in [5.74, 6) is -1.10. The molecular formula is C21H16ClF2N3O. The SMILES string of the molecule is Cc1ccc2c(c1Cl)C(c1c(F)cccc1F)=N[C@@H](C)c1nc(=O)c(C)cn1-2. The van der Waals surface area contributed by atoms with Gasteiger partial charge in [-0.2, -0.15) is 4.98 Å². The number of halogens is 3. The van der Waals surface area contributed by atoms with Crippen LogP contribution in [-0.4, -0.2) is 15.3 Å².